The van der Waals surface area contributed by atoms with E-state index in [1.54, 1.807) is 0 Å². The van der Waals surface area contributed by atoms with Crippen molar-refractivity contribution in [3.05, 3.63) is 83.9 Å². The summed E-state index contributed by atoms with van der Waals surface area (Å²) in [5.41, 5.74) is -0.508. The van der Waals surface area contributed by atoms with Gasteiger partial charge in [-0.05, 0) is 25.5 Å². The van der Waals surface area contributed by atoms with E-state index in [1.807, 2.05) is 44.2 Å². The predicted molar refractivity (Wildman–Crippen MR) is 102 cm³/mol. The highest BCUT2D eigenvalue weighted by molar-refractivity contribution is 5.26. The Morgan fingerprint density at radius 3 is 2.50 bits per heavy atom. The van der Waals surface area contributed by atoms with Crippen LogP contribution < -0.4 is 0 Å². The van der Waals surface area contributed by atoms with Crippen molar-refractivity contribution in [2.75, 3.05) is 6.54 Å². The van der Waals surface area contributed by atoms with Gasteiger partial charge in [-0.3, -0.25) is 4.90 Å². The van der Waals surface area contributed by atoms with Crippen LogP contribution in [0, 0.1) is 11.6 Å². The van der Waals surface area contributed by atoms with E-state index in [0.29, 0.717) is 6.54 Å². The molecule has 1 heterocycles. The minimum Gasteiger partial charge on any atom is -0.382 e. The van der Waals surface area contributed by atoms with E-state index in [0.717, 1.165) is 17.7 Å². The molecule has 0 bridgehead atoms. The summed E-state index contributed by atoms with van der Waals surface area (Å²) in [6.45, 7) is 4.75. The number of benzene rings is 2. The number of hydrogen-bond donors (Lipinski definition) is 1. The fourth-order valence-electron chi connectivity index (χ4n) is 3.24. The van der Waals surface area contributed by atoms with Crippen LogP contribution in [0.1, 0.15) is 25.0 Å². The fourth-order valence-corrected chi connectivity index (χ4v) is 3.24. The topological polar surface area (TPSA) is 54.2 Å². The lowest BCUT2D eigenvalue weighted by molar-refractivity contribution is -0.0312. The van der Waals surface area contributed by atoms with Gasteiger partial charge in [-0.15, -0.1) is 0 Å². The lowest BCUT2D eigenvalue weighted by Gasteiger charge is -2.37. The second-order valence-corrected chi connectivity index (χ2v) is 7.23. The van der Waals surface area contributed by atoms with E-state index in [4.69, 9.17) is 0 Å². The van der Waals surface area contributed by atoms with Gasteiger partial charge in [0.15, 0.2) is 0 Å². The van der Waals surface area contributed by atoms with Gasteiger partial charge in [0.25, 0.3) is 0 Å². The standard InChI is InChI=1S/C21H24F2N4O/c1-16(2)26(11-17-6-4-3-5-7-17)12-21(28,13-27-15-24-14-25-27)19-9-8-18(22)10-20(19)23/h3-10,14-16,28H,11-13H2,1-2H3. The van der Waals surface area contributed by atoms with Crippen LogP contribution in [0.4, 0.5) is 8.78 Å². The van der Waals surface area contributed by atoms with Gasteiger partial charge in [0.1, 0.15) is 29.9 Å². The first-order valence-corrected chi connectivity index (χ1v) is 9.16. The van der Waals surface area contributed by atoms with Crippen LogP contribution in [0.25, 0.3) is 0 Å². The molecule has 0 saturated heterocycles. The minimum absolute atomic E-state index is 0.00639. The molecule has 1 atom stereocenters. The van der Waals surface area contributed by atoms with E-state index in [2.05, 4.69) is 15.0 Å². The SMILES string of the molecule is CC(C)N(Cc1ccccc1)CC(O)(Cn1cncn1)c1ccc(F)cc1F. The predicted octanol–water partition coefficient (Wildman–Crippen LogP) is 3.35. The monoisotopic (exact) mass is 386 g/mol. The highest BCUT2D eigenvalue weighted by Gasteiger charge is 2.36. The molecule has 1 aromatic heterocycles. The number of aromatic nitrogens is 3. The number of hydrogen-bond acceptors (Lipinski definition) is 4. The summed E-state index contributed by atoms with van der Waals surface area (Å²) < 4.78 is 29.5. The Bertz CT molecular complexity index is 887. The average Bonchev–Trinajstić information content (AvgIpc) is 3.14. The van der Waals surface area contributed by atoms with Gasteiger partial charge >= 0.3 is 0 Å². The van der Waals surface area contributed by atoms with E-state index in [9.17, 15) is 13.9 Å². The Kier molecular flexibility index (Phi) is 6.16. The third-order valence-corrected chi connectivity index (χ3v) is 4.75. The Morgan fingerprint density at radius 2 is 1.89 bits per heavy atom. The molecule has 3 rings (SSSR count). The largest absolute Gasteiger partial charge is 0.382 e. The summed E-state index contributed by atoms with van der Waals surface area (Å²) in [5, 5.41) is 15.6. The molecule has 7 heteroatoms. The lowest BCUT2D eigenvalue weighted by atomic mass is 9.91. The van der Waals surface area contributed by atoms with Gasteiger partial charge in [-0.1, -0.05) is 36.4 Å². The maximum absolute atomic E-state index is 14.6. The van der Waals surface area contributed by atoms with Crippen LogP contribution in [0.3, 0.4) is 0 Å². The molecule has 2 aromatic carbocycles. The molecule has 28 heavy (non-hydrogen) atoms. The molecule has 0 radical (unpaired) electrons. The molecule has 5 nitrogen and oxygen atoms in total. The lowest BCUT2D eigenvalue weighted by Crippen LogP contribution is -2.46. The van der Waals surface area contributed by atoms with Crippen molar-refractivity contribution in [1.82, 2.24) is 19.7 Å². The highest BCUT2D eigenvalue weighted by atomic mass is 19.1. The maximum Gasteiger partial charge on any atom is 0.137 e. The molecule has 148 valence electrons. The first-order valence-electron chi connectivity index (χ1n) is 9.16. The molecule has 1 N–H and O–H groups in total. The highest BCUT2D eigenvalue weighted by Crippen LogP contribution is 2.29. The van der Waals surface area contributed by atoms with Gasteiger partial charge in [0.2, 0.25) is 0 Å². The summed E-state index contributed by atoms with van der Waals surface area (Å²) >= 11 is 0. The van der Waals surface area contributed by atoms with E-state index in [1.165, 1.54) is 23.4 Å². The zero-order chi connectivity index (χ0) is 20.1. The van der Waals surface area contributed by atoms with Crippen molar-refractivity contribution < 1.29 is 13.9 Å². The smallest absolute Gasteiger partial charge is 0.137 e. The zero-order valence-corrected chi connectivity index (χ0v) is 16.0. The number of rotatable bonds is 8. The third kappa shape index (κ3) is 4.79. The Hall–Kier alpha value is -2.64. The van der Waals surface area contributed by atoms with Crippen molar-refractivity contribution in [2.24, 2.45) is 0 Å². The van der Waals surface area contributed by atoms with Crippen LogP contribution in [0.2, 0.25) is 0 Å². The van der Waals surface area contributed by atoms with Gasteiger partial charge in [0.05, 0.1) is 6.54 Å². The first-order chi connectivity index (χ1) is 13.4. The van der Waals surface area contributed by atoms with Crippen LogP contribution in [-0.2, 0) is 18.7 Å². The molecule has 0 spiro atoms. The summed E-state index contributed by atoms with van der Waals surface area (Å²) in [5.74, 6) is -1.47. The van der Waals surface area contributed by atoms with Crippen LogP contribution in [0.15, 0.2) is 61.2 Å². The second kappa shape index (κ2) is 8.58. The number of halogens is 2. The Balaban J connectivity index is 1.94. The van der Waals surface area contributed by atoms with Crippen molar-refractivity contribution >= 4 is 0 Å². The molecular weight excluding hydrogens is 362 g/mol. The van der Waals surface area contributed by atoms with Gasteiger partial charge < -0.3 is 5.11 Å². The fraction of sp³-hybridized carbons (Fsp3) is 0.333. The Labute approximate surface area is 163 Å². The normalized spacial score (nSPS) is 13.8. The molecule has 0 saturated carbocycles. The molecule has 0 amide bonds. The molecule has 0 aliphatic carbocycles. The summed E-state index contributed by atoms with van der Waals surface area (Å²) in [4.78, 5) is 5.94. The molecule has 1 unspecified atom stereocenters. The van der Waals surface area contributed by atoms with Gasteiger partial charge in [-0.25, -0.2) is 18.4 Å². The second-order valence-electron chi connectivity index (χ2n) is 7.23. The Morgan fingerprint density at radius 1 is 1.14 bits per heavy atom. The minimum atomic E-state index is -1.62. The van der Waals surface area contributed by atoms with E-state index in [-0.39, 0.29) is 24.7 Å². The van der Waals surface area contributed by atoms with Crippen LogP contribution in [-0.4, -0.2) is 37.4 Å². The van der Waals surface area contributed by atoms with Crippen molar-refractivity contribution in [3.63, 3.8) is 0 Å². The number of nitrogens with zero attached hydrogens (tertiary/aromatic N) is 4. The summed E-state index contributed by atoms with van der Waals surface area (Å²) in [7, 11) is 0. The maximum atomic E-state index is 14.6. The van der Waals surface area contributed by atoms with Crippen LogP contribution >= 0.6 is 0 Å². The molecular formula is C21H24F2N4O. The van der Waals surface area contributed by atoms with Crippen LogP contribution in [0.5, 0.6) is 0 Å². The van der Waals surface area contributed by atoms with Crippen molar-refractivity contribution in [3.8, 4) is 0 Å². The van der Waals surface area contributed by atoms with E-state index < -0.39 is 17.2 Å². The average molecular weight is 386 g/mol. The molecule has 3 aromatic rings. The van der Waals surface area contributed by atoms with Crippen molar-refractivity contribution in [1.29, 1.82) is 0 Å². The summed E-state index contributed by atoms with van der Waals surface area (Å²) in [6.07, 6.45) is 2.81. The molecule has 0 fully saturated rings. The van der Waals surface area contributed by atoms with E-state index >= 15 is 0 Å². The summed E-state index contributed by atoms with van der Waals surface area (Å²) in [6, 6.07) is 13.2. The molecule has 0 aliphatic heterocycles. The van der Waals surface area contributed by atoms with Gasteiger partial charge in [0, 0.05) is 30.8 Å². The molecule has 0 aliphatic rings. The third-order valence-electron chi connectivity index (χ3n) is 4.75. The first kappa shape index (κ1) is 20.1. The van der Waals surface area contributed by atoms with Crippen molar-refractivity contribution in [2.45, 2.75) is 38.6 Å². The van der Waals surface area contributed by atoms with Gasteiger partial charge in [-0.2, -0.15) is 5.10 Å². The zero-order valence-electron chi connectivity index (χ0n) is 16.0. The quantitative estimate of drug-likeness (QED) is 0.645. The number of aliphatic hydroxyl groups is 1.